The summed E-state index contributed by atoms with van der Waals surface area (Å²) in [6.07, 6.45) is 0. The van der Waals surface area contributed by atoms with Crippen LogP contribution in [0.1, 0.15) is 24.2 Å². The molecule has 94 valence electrons. The summed E-state index contributed by atoms with van der Waals surface area (Å²) < 4.78 is 0. The number of aromatic hydroxyl groups is 1. The van der Waals surface area contributed by atoms with Gasteiger partial charge in [-0.25, -0.2) is 0 Å². The van der Waals surface area contributed by atoms with Crippen LogP contribution in [0.2, 0.25) is 5.02 Å². The van der Waals surface area contributed by atoms with Crippen LogP contribution in [0.25, 0.3) is 0 Å². The molecule has 0 radical (unpaired) electrons. The van der Waals surface area contributed by atoms with Crippen LogP contribution >= 0.6 is 23.2 Å². The molecule has 0 atom stereocenters. The van der Waals surface area contributed by atoms with Gasteiger partial charge < -0.3 is 10.0 Å². The number of halogens is 2. The smallest absolute Gasteiger partial charge is 0.254 e. The second-order valence-electron chi connectivity index (χ2n) is 3.95. The van der Waals surface area contributed by atoms with E-state index in [2.05, 4.69) is 0 Å². The number of phenolic OH excluding ortho intramolecular Hbond substituents is 1. The molecule has 1 rings (SSSR count). The van der Waals surface area contributed by atoms with Crippen LogP contribution < -0.4 is 0 Å². The van der Waals surface area contributed by atoms with Gasteiger partial charge in [-0.3, -0.25) is 4.79 Å². The summed E-state index contributed by atoms with van der Waals surface area (Å²) >= 11 is 11.4. The van der Waals surface area contributed by atoms with Crippen molar-refractivity contribution in [2.45, 2.75) is 19.9 Å². The quantitative estimate of drug-likeness (QED) is 0.858. The molecule has 0 saturated heterocycles. The zero-order chi connectivity index (χ0) is 13.0. The van der Waals surface area contributed by atoms with Crippen molar-refractivity contribution in [3.05, 3.63) is 28.8 Å². The second kappa shape index (κ2) is 6.12. The number of phenols is 1. The zero-order valence-electron chi connectivity index (χ0n) is 9.78. The molecule has 0 aliphatic carbocycles. The average Bonchev–Trinajstić information content (AvgIpc) is 2.28. The molecule has 3 nitrogen and oxygen atoms in total. The molecule has 0 unspecified atom stereocenters. The van der Waals surface area contributed by atoms with Crippen molar-refractivity contribution < 1.29 is 9.90 Å². The number of hydrogen-bond donors (Lipinski definition) is 1. The first-order valence-corrected chi connectivity index (χ1v) is 6.24. The van der Waals surface area contributed by atoms with E-state index >= 15 is 0 Å². The third-order valence-electron chi connectivity index (χ3n) is 2.40. The lowest BCUT2D eigenvalue weighted by molar-refractivity contribution is 0.0718. The Kier molecular flexibility index (Phi) is 5.09. The van der Waals surface area contributed by atoms with Gasteiger partial charge in [0.1, 0.15) is 5.75 Å². The molecule has 0 heterocycles. The summed E-state index contributed by atoms with van der Waals surface area (Å²) in [5, 5.41) is 9.47. The van der Waals surface area contributed by atoms with Crippen LogP contribution in [0.5, 0.6) is 5.75 Å². The normalized spacial score (nSPS) is 10.6. The minimum Gasteiger partial charge on any atom is -0.506 e. The Balaban J connectivity index is 2.97. The maximum Gasteiger partial charge on any atom is 0.254 e. The van der Waals surface area contributed by atoms with Gasteiger partial charge in [0.05, 0.1) is 5.02 Å². The van der Waals surface area contributed by atoms with Gasteiger partial charge in [0.15, 0.2) is 0 Å². The minimum absolute atomic E-state index is 0.0309. The number of carbonyl (C=O) groups is 1. The van der Waals surface area contributed by atoms with E-state index in [0.29, 0.717) is 18.0 Å². The van der Waals surface area contributed by atoms with Crippen molar-refractivity contribution in [1.29, 1.82) is 0 Å². The van der Waals surface area contributed by atoms with Gasteiger partial charge >= 0.3 is 0 Å². The van der Waals surface area contributed by atoms with Gasteiger partial charge in [-0.15, -0.1) is 11.6 Å². The van der Waals surface area contributed by atoms with E-state index in [9.17, 15) is 9.90 Å². The first-order chi connectivity index (χ1) is 7.97. The first kappa shape index (κ1) is 14.1. The van der Waals surface area contributed by atoms with Gasteiger partial charge in [0.25, 0.3) is 5.91 Å². The van der Waals surface area contributed by atoms with Crippen LogP contribution in [-0.2, 0) is 0 Å². The number of rotatable bonds is 4. The fourth-order valence-electron chi connectivity index (χ4n) is 1.49. The highest BCUT2D eigenvalue weighted by Crippen LogP contribution is 2.24. The van der Waals surface area contributed by atoms with Crippen LogP contribution in [0, 0.1) is 0 Å². The molecule has 0 saturated carbocycles. The van der Waals surface area contributed by atoms with Crippen LogP contribution in [0.4, 0.5) is 0 Å². The number of nitrogens with zero attached hydrogens (tertiary/aromatic N) is 1. The number of benzene rings is 1. The van der Waals surface area contributed by atoms with Gasteiger partial charge in [-0.2, -0.15) is 0 Å². The molecule has 1 N–H and O–H groups in total. The lowest BCUT2D eigenvalue weighted by Crippen LogP contribution is -2.38. The first-order valence-electron chi connectivity index (χ1n) is 5.32. The Morgan fingerprint density at radius 2 is 2.12 bits per heavy atom. The van der Waals surface area contributed by atoms with Gasteiger partial charge in [0, 0.05) is 24.0 Å². The fourth-order valence-corrected chi connectivity index (χ4v) is 1.85. The molecule has 0 aliphatic heterocycles. The van der Waals surface area contributed by atoms with E-state index in [1.807, 2.05) is 13.8 Å². The molecule has 1 aromatic rings. The molecular weight excluding hydrogens is 261 g/mol. The third kappa shape index (κ3) is 3.51. The lowest BCUT2D eigenvalue weighted by atomic mass is 10.1. The molecular formula is C12H15Cl2NO2. The van der Waals surface area contributed by atoms with E-state index in [1.165, 1.54) is 12.1 Å². The molecule has 0 aliphatic rings. The van der Waals surface area contributed by atoms with E-state index in [4.69, 9.17) is 23.2 Å². The van der Waals surface area contributed by atoms with Crippen LogP contribution in [0.15, 0.2) is 18.2 Å². The summed E-state index contributed by atoms with van der Waals surface area (Å²) in [5.41, 5.74) is 0.451. The highest BCUT2D eigenvalue weighted by molar-refractivity contribution is 6.32. The van der Waals surface area contributed by atoms with Crippen LogP contribution in [-0.4, -0.2) is 34.4 Å². The summed E-state index contributed by atoms with van der Waals surface area (Å²) in [6, 6.07) is 4.49. The molecule has 5 heteroatoms. The Morgan fingerprint density at radius 1 is 1.47 bits per heavy atom. The predicted octanol–water partition coefficient (Wildman–Crippen LogP) is 3.14. The number of amides is 1. The Bertz CT molecular complexity index is 407. The van der Waals surface area contributed by atoms with Gasteiger partial charge in [0.2, 0.25) is 0 Å². The van der Waals surface area contributed by atoms with Gasteiger partial charge in [-0.1, -0.05) is 11.6 Å². The topological polar surface area (TPSA) is 40.5 Å². The zero-order valence-corrected chi connectivity index (χ0v) is 11.3. The van der Waals surface area contributed by atoms with E-state index < -0.39 is 0 Å². The third-order valence-corrected chi connectivity index (χ3v) is 2.88. The summed E-state index contributed by atoms with van der Waals surface area (Å²) in [7, 11) is 0. The maximum absolute atomic E-state index is 12.2. The minimum atomic E-state index is -0.137. The molecule has 1 aromatic carbocycles. The molecule has 0 spiro atoms. The molecule has 0 aromatic heterocycles. The fraction of sp³-hybridized carbons (Fsp3) is 0.417. The standard InChI is InChI=1S/C12H15Cl2NO2/c1-8(2)15(6-5-13)12(17)9-3-4-11(16)10(14)7-9/h3-4,7-8,16H,5-6H2,1-2H3. The predicted molar refractivity (Wildman–Crippen MR) is 70.0 cm³/mol. The summed E-state index contributed by atoms with van der Waals surface area (Å²) in [6.45, 7) is 4.33. The van der Waals surface area contributed by atoms with E-state index in [1.54, 1.807) is 11.0 Å². The highest BCUT2D eigenvalue weighted by atomic mass is 35.5. The van der Waals surface area contributed by atoms with E-state index in [-0.39, 0.29) is 22.7 Å². The van der Waals surface area contributed by atoms with Crippen molar-refractivity contribution in [2.24, 2.45) is 0 Å². The summed E-state index contributed by atoms with van der Waals surface area (Å²) in [5.74, 6) is 0.217. The Hall–Kier alpha value is -0.930. The Labute approximate surface area is 111 Å². The van der Waals surface area contributed by atoms with Crippen molar-refractivity contribution in [1.82, 2.24) is 4.90 Å². The van der Waals surface area contributed by atoms with Crippen molar-refractivity contribution >= 4 is 29.1 Å². The van der Waals surface area contributed by atoms with Crippen molar-refractivity contribution in [3.8, 4) is 5.75 Å². The molecule has 0 bridgehead atoms. The van der Waals surface area contributed by atoms with Crippen LogP contribution in [0.3, 0.4) is 0 Å². The maximum atomic E-state index is 12.2. The second-order valence-corrected chi connectivity index (χ2v) is 4.73. The Morgan fingerprint density at radius 3 is 2.59 bits per heavy atom. The van der Waals surface area contributed by atoms with Crippen molar-refractivity contribution in [2.75, 3.05) is 12.4 Å². The van der Waals surface area contributed by atoms with Crippen molar-refractivity contribution in [3.63, 3.8) is 0 Å². The lowest BCUT2D eigenvalue weighted by Gasteiger charge is -2.26. The monoisotopic (exact) mass is 275 g/mol. The molecule has 0 fully saturated rings. The van der Waals surface area contributed by atoms with E-state index in [0.717, 1.165) is 0 Å². The number of carbonyl (C=O) groups excluding carboxylic acids is 1. The molecule has 1 amide bonds. The highest BCUT2D eigenvalue weighted by Gasteiger charge is 2.18. The van der Waals surface area contributed by atoms with Gasteiger partial charge in [-0.05, 0) is 32.0 Å². The summed E-state index contributed by atoms with van der Waals surface area (Å²) in [4.78, 5) is 13.8. The number of alkyl halides is 1. The largest absolute Gasteiger partial charge is 0.506 e. The SMILES string of the molecule is CC(C)N(CCCl)C(=O)c1ccc(O)c(Cl)c1. The molecule has 17 heavy (non-hydrogen) atoms. The number of hydrogen-bond acceptors (Lipinski definition) is 2. The average molecular weight is 276 g/mol.